The van der Waals surface area contributed by atoms with Gasteiger partial charge in [0.25, 0.3) is 0 Å². The molecular formula is C31H34O6. The molecule has 1 saturated heterocycles. The highest BCUT2D eigenvalue weighted by Gasteiger charge is 2.48. The number of ether oxygens (including phenoxy) is 5. The molecule has 0 amide bonds. The van der Waals surface area contributed by atoms with Gasteiger partial charge in [0.2, 0.25) is 5.79 Å². The van der Waals surface area contributed by atoms with Crippen molar-refractivity contribution in [1.29, 1.82) is 0 Å². The van der Waals surface area contributed by atoms with Crippen LogP contribution in [0.3, 0.4) is 0 Å². The summed E-state index contributed by atoms with van der Waals surface area (Å²) >= 11 is 0. The first kappa shape index (κ1) is 25.5. The van der Waals surface area contributed by atoms with Gasteiger partial charge in [0, 0.05) is 25.5 Å². The fourth-order valence-corrected chi connectivity index (χ4v) is 5.20. The Morgan fingerprint density at radius 3 is 2.46 bits per heavy atom. The number of aldehydes is 1. The van der Waals surface area contributed by atoms with Crippen molar-refractivity contribution in [2.75, 3.05) is 20.3 Å². The van der Waals surface area contributed by atoms with E-state index < -0.39 is 11.6 Å². The Kier molecular flexibility index (Phi) is 7.60. The summed E-state index contributed by atoms with van der Waals surface area (Å²) in [6.07, 6.45) is 4.25. The minimum absolute atomic E-state index is 0.281. The highest BCUT2D eigenvalue weighted by atomic mass is 16.8. The first-order valence-electron chi connectivity index (χ1n) is 13.0. The van der Waals surface area contributed by atoms with Crippen molar-refractivity contribution in [2.45, 2.75) is 57.2 Å². The molecule has 37 heavy (non-hydrogen) atoms. The van der Waals surface area contributed by atoms with Crippen molar-refractivity contribution >= 4 is 6.29 Å². The summed E-state index contributed by atoms with van der Waals surface area (Å²) in [5, 5.41) is 0. The molecule has 6 heteroatoms. The molecule has 0 saturated carbocycles. The summed E-state index contributed by atoms with van der Waals surface area (Å²) in [7, 11) is 1.63. The van der Waals surface area contributed by atoms with Gasteiger partial charge in [0.15, 0.2) is 23.6 Å². The zero-order valence-corrected chi connectivity index (χ0v) is 21.5. The maximum Gasteiger partial charge on any atom is 0.228 e. The zero-order valence-electron chi connectivity index (χ0n) is 21.5. The Morgan fingerprint density at radius 1 is 0.892 bits per heavy atom. The van der Waals surface area contributed by atoms with E-state index in [1.165, 1.54) is 11.1 Å². The third-order valence-corrected chi connectivity index (χ3v) is 7.23. The molecule has 0 spiro atoms. The van der Waals surface area contributed by atoms with Crippen molar-refractivity contribution in [3.05, 3.63) is 94.5 Å². The number of rotatable bonds is 9. The van der Waals surface area contributed by atoms with Gasteiger partial charge in [-0.3, -0.25) is 4.79 Å². The summed E-state index contributed by atoms with van der Waals surface area (Å²) in [6, 6.07) is 22.2. The average molecular weight is 503 g/mol. The molecule has 3 aromatic carbocycles. The Hall–Kier alpha value is -3.19. The van der Waals surface area contributed by atoms with Crippen LogP contribution >= 0.6 is 0 Å². The van der Waals surface area contributed by atoms with Gasteiger partial charge in [-0.1, -0.05) is 55.5 Å². The summed E-state index contributed by atoms with van der Waals surface area (Å²) < 4.78 is 30.1. The van der Waals surface area contributed by atoms with E-state index in [-0.39, 0.29) is 6.61 Å². The van der Waals surface area contributed by atoms with Gasteiger partial charge in [-0.05, 0) is 59.7 Å². The van der Waals surface area contributed by atoms with Crippen LogP contribution in [0.25, 0.3) is 0 Å². The number of benzene rings is 3. The predicted octanol–water partition coefficient (Wildman–Crippen LogP) is 5.72. The molecule has 2 aliphatic rings. The molecule has 2 aliphatic heterocycles. The monoisotopic (exact) mass is 502 g/mol. The third kappa shape index (κ3) is 5.42. The van der Waals surface area contributed by atoms with Gasteiger partial charge in [0.05, 0.1) is 6.61 Å². The van der Waals surface area contributed by atoms with Crippen molar-refractivity contribution in [3.8, 4) is 11.5 Å². The van der Waals surface area contributed by atoms with Gasteiger partial charge < -0.3 is 23.7 Å². The molecule has 0 N–H and O–H groups in total. The molecule has 6 nitrogen and oxygen atoms in total. The lowest BCUT2D eigenvalue weighted by Crippen LogP contribution is -2.50. The number of carbonyl (C=O) groups is 1. The van der Waals surface area contributed by atoms with Crippen molar-refractivity contribution < 1.29 is 28.5 Å². The molecule has 0 radical (unpaired) electrons. The average Bonchev–Trinajstić information content (AvgIpc) is 2.96. The fourth-order valence-electron chi connectivity index (χ4n) is 5.20. The Bertz CT molecular complexity index is 1230. The SMILES string of the molecule is CCc1ccc(C2(OC)CCCC(C=O)(OCc3ccccc3)O2)cc1Cc1ccc2c(c1)OCCO2. The maximum absolute atomic E-state index is 12.3. The van der Waals surface area contributed by atoms with E-state index in [4.69, 9.17) is 23.7 Å². The summed E-state index contributed by atoms with van der Waals surface area (Å²) in [6.45, 7) is 3.57. The van der Waals surface area contributed by atoms with E-state index in [1.807, 2.05) is 42.5 Å². The number of fused-ring (bicyclic) bond motifs is 1. The van der Waals surface area contributed by atoms with Gasteiger partial charge >= 0.3 is 0 Å². The minimum atomic E-state index is -1.37. The Morgan fingerprint density at radius 2 is 1.70 bits per heavy atom. The lowest BCUT2D eigenvalue weighted by Gasteiger charge is -2.44. The number of hydrogen-bond donors (Lipinski definition) is 0. The van der Waals surface area contributed by atoms with Crippen LogP contribution in [0.5, 0.6) is 11.5 Å². The molecule has 2 atom stereocenters. The molecule has 2 unspecified atom stereocenters. The van der Waals surface area contributed by atoms with E-state index in [0.29, 0.717) is 26.1 Å². The molecule has 0 aliphatic carbocycles. The second kappa shape index (κ2) is 11.1. The zero-order chi connectivity index (χ0) is 25.7. The largest absolute Gasteiger partial charge is 0.486 e. The molecular weight excluding hydrogens is 468 g/mol. The number of hydrogen-bond acceptors (Lipinski definition) is 6. The summed E-state index contributed by atoms with van der Waals surface area (Å²) in [5.74, 6) is -0.880. The van der Waals surface area contributed by atoms with E-state index in [0.717, 1.165) is 53.7 Å². The number of carbonyl (C=O) groups excluding carboxylic acids is 1. The third-order valence-electron chi connectivity index (χ3n) is 7.23. The van der Waals surface area contributed by atoms with Gasteiger partial charge in [-0.25, -0.2) is 0 Å². The van der Waals surface area contributed by atoms with Crippen LogP contribution in [0, 0.1) is 0 Å². The molecule has 0 bridgehead atoms. The van der Waals surface area contributed by atoms with Crippen LogP contribution in [-0.2, 0) is 44.2 Å². The van der Waals surface area contributed by atoms with Crippen molar-refractivity contribution in [1.82, 2.24) is 0 Å². The first-order chi connectivity index (χ1) is 18.1. The van der Waals surface area contributed by atoms with E-state index in [2.05, 4.69) is 31.2 Å². The normalized spacial score (nSPS) is 23.0. The van der Waals surface area contributed by atoms with Crippen LogP contribution in [-0.4, -0.2) is 32.4 Å². The maximum atomic E-state index is 12.3. The Balaban J connectivity index is 1.42. The molecule has 0 aromatic heterocycles. The quantitative estimate of drug-likeness (QED) is 0.349. The first-order valence-corrected chi connectivity index (χ1v) is 13.0. The summed E-state index contributed by atoms with van der Waals surface area (Å²) in [5.41, 5.74) is 5.44. The number of methoxy groups -OCH3 is 1. The highest BCUT2D eigenvalue weighted by molar-refractivity contribution is 5.60. The minimum Gasteiger partial charge on any atom is -0.486 e. The summed E-state index contributed by atoms with van der Waals surface area (Å²) in [4.78, 5) is 12.3. The van der Waals surface area contributed by atoms with Gasteiger partial charge in [-0.15, -0.1) is 0 Å². The molecule has 2 heterocycles. The molecule has 194 valence electrons. The van der Waals surface area contributed by atoms with Crippen LogP contribution < -0.4 is 9.47 Å². The van der Waals surface area contributed by atoms with Crippen molar-refractivity contribution in [3.63, 3.8) is 0 Å². The van der Waals surface area contributed by atoms with E-state index in [9.17, 15) is 4.79 Å². The van der Waals surface area contributed by atoms with Crippen LogP contribution in [0.1, 0.15) is 54.0 Å². The standard InChI is InChI=1S/C31H34O6/c1-3-25-11-12-27(20-26(25)18-24-10-13-28-29(19-24)35-17-16-34-28)31(33-2)15-7-14-30(22-32,37-31)36-21-23-8-5-4-6-9-23/h4-6,8-13,19-20,22H,3,7,14-18,21H2,1-2H3. The second-order valence-corrected chi connectivity index (χ2v) is 9.61. The second-order valence-electron chi connectivity index (χ2n) is 9.61. The molecule has 5 rings (SSSR count). The smallest absolute Gasteiger partial charge is 0.228 e. The molecule has 1 fully saturated rings. The highest BCUT2D eigenvalue weighted by Crippen LogP contribution is 2.44. The number of aryl methyl sites for hydroxylation is 1. The fraction of sp³-hybridized carbons (Fsp3) is 0.387. The van der Waals surface area contributed by atoms with Crippen LogP contribution in [0.2, 0.25) is 0 Å². The van der Waals surface area contributed by atoms with E-state index in [1.54, 1.807) is 7.11 Å². The van der Waals surface area contributed by atoms with Crippen LogP contribution in [0.4, 0.5) is 0 Å². The van der Waals surface area contributed by atoms with Gasteiger partial charge in [-0.2, -0.15) is 0 Å². The lowest BCUT2D eigenvalue weighted by molar-refractivity contribution is -0.366. The van der Waals surface area contributed by atoms with E-state index >= 15 is 0 Å². The van der Waals surface area contributed by atoms with Gasteiger partial charge in [0.1, 0.15) is 13.2 Å². The van der Waals surface area contributed by atoms with Crippen LogP contribution in [0.15, 0.2) is 66.7 Å². The lowest BCUT2D eigenvalue weighted by atomic mass is 9.89. The van der Waals surface area contributed by atoms with Crippen molar-refractivity contribution in [2.24, 2.45) is 0 Å². The Labute approximate surface area is 218 Å². The topological polar surface area (TPSA) is 63.2 Å². The predicted molar refractivity (Wildman–Crippen MR) is 140 cm³/mol. The molecule has 3 aromatic rings.